The normalized spacial score (nSPS) is 37.3. The number of halogens is 1. The van der Waals surface area contributed by atoms with Crippen LogP contribution < -0.4 is 4.74 Å². The lowest BCUT2D eigenvalue weighted by Gasteiger charge is -2.64. The minimum Gasteiger partial charge on any atom is -0.504 e. The molecule has 8 rings (SSSR count). The van der Waals surface area contributed by atoms with E-state index in [2.05, 4.69) is 4.90 Å². The molecule has 2 saturated carbocycles. The number of hydrogen-bond donors (Lipinski definition) is 2. The van der Waals surface area contributed by atoms with Gasteiger partial charge in [0.1, 0.15) is 11.9 Å². The lowest BCUT2D eigenvalue weighted by atomic mass is 9.48. The number of phenolic OH excluding ortho intramolecular Hbond substituents is 1. The molecule has 1 amide bonds. The van der Waals surface area contributed by atoms with E-state index in [0.717, 1.165) is 49.4 Å². The summed E-state index contributed by atoms with van der Waals surface area (Å²) in [7, 11) is 0. The smallest absolute Gasteiger partial charge is 0.226 e. The van der Waals surface area contributed by atoms with Gasteiger partial charge in [-0.15, -0.1) is 0 Å². The number of amides is 1. The van der Waals surface area contributed by atoms with Crippen LogP contribution in [-0.2, 0) is 23.1 Å². The Labute approximate surface area is 222 Å². The number of likely N-dealkylation sites (tertiary alicyclic amines) is 2. The van der Waals surface area contributed by atoms with Crippen LogP contribution in [0.5, 0.6) is 11.5 Å². The van der Waals surface area contributed by atoms with E-state index in [1.165, 1.54) is 30.5 Å². The molecule has 7 heteroatoms. The summed E-state index contributed by atoms with van der Waals surface area (Å²) in [5.74, 6) is 1.14. The summed E-state index contributed by atoms with van der Waals surface area (Å²) < 4.78 is 20.1. The molecule has 6 atom stereocenters. The van der Waals surface area contributed by atoms with Gasteiger partial charge in [-0.25, -0.2) is 4.39 Å². The van der Waals surface area contributed by atoms with Crippen molar-refractivity contribution < 1.29 is 24.1 Å². The number of benzene rings is 2. The molecule has 2 N–H and O–H groups in total. The van der Waals surface area contributed by atoms with Crippen molar-refractivity contribution in [3.8, 4) is 11.5 Å². The highest BCUT2D eigenvalue weighted by Gasteiger charge is 2.73. The number of nitrogens with zero attached hydrogens (tertiary/aromatic N) is 2. The van der Waals surface area contributed by atoms with Gasteiger partial charge in [0.2, 0.25) is 5.91 Å². The van der Waals surface area contributed by atoms with Crippen molar-refractivity contribution in [2.45, 2.75) is 80.6 Å². The molecule has 2 saturated heterocycles. The molecule has 3 aliphatic carbocycles. The molecular weight excluding hydrogens is 483 g/mol. The van der Waals surface area contributed by atoms with Gasteiger partial charge in [-0.05, 0) is 93.2 Å². The Morgan fingerprint density at radius 2 is 1.84 bits per heavy atom. The maximum atomic E-state index is 13.8. The fourth-order valence-corrected chi connectivity index (χ4v) is 8.96. The van der Waals surface area contributed by atoms with E-state index >= 15 is 0 Å². The second kappa shape index (κ2) is 7.95. The molecule has 2 aromatic carbocycles. The van der Waals surface area contributed by atoms with Crippen LogP contribution in [0.15, 0.2) is 36.4 Å². The van der Waals surface area contributed by atoms with E-state index in [9.17, 15) is 19.4 Å². The molecule has 1 unspecified atom stereocenters. The van der Waals surface area contributed by atoms with E-state index in [1.807, 2.05) is 11.0 Å². The molecule has 3 aliphatic heterocycles. The minimum absolute atomic E-state index is 0.0346. The summed E-state index contributed by atoms with van der Waals surface area (Å²) in [6.07, 6.45) is 6.43. The van der Waals surface area contributed by atoms with Gasteiger partial charge in [0, 0.05) is 30.6 Å². The molecular formula is C31H35FN2O4. The van der Waals surface area contributed by atoms with Crippen LogP contribution >= 0.6 is 0 Å². The first-order valence-electron chi connectivity index (χ1n) is 14.4. The third-order valence-corrected chi connectivity index (χ3v) is 10.9. The third-order valence-electron chi connectivity index (χ3n) is 10.9. The van der Waals surface area contributed by atoms with E-state index in [-0.39, 0.29) is 41.6 Å². The molecule has 2 aromatic rings. The average Bonchev–Trinajstić information content (AvgIpc) is 3.55. The number of aromatic hydroxyl groups is 1. The van der Waals surface area contributed by atoms with Crippen LogP contribution in [0, 0.1) is 17.7 Å². The Morgan fingerprint density at radius 3 is 2.63 bits per heavy atom. The van der Waals surface area contributed by atoms with Crippen LogP contribution in [-0.4, -0.2) is 69.3 Å². The van der Waals surface area contributed by atoms with Gasteiger partial charge >= 0.3 is 0 Å². The largest absolute Gasteiger partial charge is 0.504 e. The van der Waals surface area contributed by atoms with Gasteiger partial charge < -0.3 is 19.8 Å². The molecule has 6 aliphatic rings. The number of carbonyl (C=O) groups is 1. The number of hydrogen-bond acceptors (Lipinski definition) is 5. The van der Waals surface area contributed by atoms with Crippen molar-refractivity contribution in [1.29, 1.82) is 0 Å². The highest BCUT2D eigenvalue weighted by Crippen LogP contribution is 2.66. The zero-order valence-corrected chi connectivity index (χ0v) is 21.6. The van der Waals surface area contributed by atoms with Gasteiger partial charge in [0.05, 0.1) is 17.1 Å². The first-order chi connectivity index (χ1) is 18.4. The molecule has 200 valence electrons. The molecule has 0 radical (unpaired) electrons. The standard InChI is InChI=1S/C31H35FN2O4/c32-22-6-3-18(4-7-22)15-21-10-13-34(29(21)36)23-9-11-31(37)25-16-20-5-8-24(35)27-26(20)30(31,28(23)38-27)12-14-33(25)17-19-1-2-19/h3-8,19,21,23,25,28,35,37H,1-2,9-17H2/t21?,23-,25+,28-,30-,31+/m0/s1. The van der Waals surface area contributed by atoms with E-state index in [4.69, 9.17) is 4.74 Å². The molecule has 38 heavy (non-hydrogen) atoms. The van der Waals surface area contributed by atoms with E-state index in [1.54, 1.807) is 18.2 Å². The van der Waals surface area contributed by atoms with Gasteiger partial charge in [-0.1, -0.05) is 18.2 Å². The fraction of sp³-hybridized carbons (Fsp3) is 0.581. The maximum absolute atomic E-state index is 13.8. The Kier molecular flexibility index (Phi) is 4.87. The van der Waals surface area contributed by atoms with Crippen molar-refractivity contribution in [3.05, 3.63) is 58.9 Å². The number of aliphatic hydroxyl groups is 1. The summed E-state index contributed by atoms with van der Waals surface area (Å²) in [6, 6.07) is 10.1. The van der Waals surface area contributed by atoms with Crippen molar-refractivity contribution in [2.24, 2.45) is 11.8 Å². The number of phenols is 1. The van der Waals surface area contributed by atoms with Crippen molar-refractivity contribution in [2.75, 3.05) is 19.6 Å². The molecule has 1 spiro atoms. The third kappa shape index (κ3) is 3.03. The number of piperidine rings is 1. The van der Waals surface area contributed by atoms with Crippen LogP contribution in [0.25, 0.3) is 0 Å². The quantitative estimate of drug-likeness (QED) is 0.634. The van der Waals surface area contributed by atoms with Crippen molar-refractivity contribution in [1.82, 2.24) is 9.80 Å². The second-order valence-electron chi connectivity index (χ2n) is 12.7. The van der Waals surface area contributed by atoms with Crippen LogP contribution in [0.2, 0.25) is 0 Å². The Balaban J connectivity index is 1.14. The zero-order chi connectivity index (χ0) is 25.8. The average molecular weight is 519 g/mol. The van der Waals surface area contributed by atoms with Gasteiger partial charge in [-0.2, -0.15) is 0 Å². The number of rotatable bonds is 5. The minimum atomic E-state index is -0.941. The first kappa shape index (κ1) is 23.3. The Morgan fingerprint density at radius 1 is 1.03 bits per heavy atom. The SMILES string of the molecule is O=C1C(Cc2ccc(F)cc2)CCN1[C@H]1CC[C@@]2(O)[C@H]3Cc4ccc(O)c5c4[C@@]2(CCN3CC2CC2)[C@H]1O5. The predicted molar refractivity (Wildman–Crippen MR) is 139 cm³/mol. The summed E-state index contributed by atoms with van der Waals surface area (Å²) >= 11 is 0. The lowest BCUT2D eigenvalue weighted by Crippen LogP contribution is -2.78. The summed E-state index contributed by atoms with van der Waals surface area (Å²) in [4.78, 5) is 18.3. The highest BCUT2D eigenvalue weighted by atomic mass is 19.1. The molecule has 3 heterocycles. The summed E-state index contributed by atoms with van der Waals surface area (Å²) in [5.41, 5.74) is 1.60. The molecule has 2 bridgehead atoms. The molecule has 6 nitrogen and oxygen atoms in total. The Hall–Kier alpha value is -2.64. The topological polar surface area (TPSA) is 73.2 Å². The molecule has 0 aromatic heterocycles. The number of carbonyl (C=O) groups excluding carboxylic acids is 1. The maximum Gasteiger partial charge on any atom is 0.226 e. The van der Waals surface area contributed by atoms with Gasteiger partial charge in [0.15, 0.2) is 11.5 Å². The highest BCUT2D eigenvalue weighted by molar-refractivity contribution is 5.82. The first-order valence-corrected chi connectivity index (χ1v) is 14.4. The van der Waals surface area contributed by atoms with Crippen LogP contribution in [0.3, 0.4) is 0 Å². The summed E-state index contributed by atoms with van der Waals surface area (Å²) in [6.45, 7) is 2.62. The van der Waals surface area contributed by atoms with E-state index in [0.29, 0.717) is 31.6 Å². The van der Waals surface area contributed by atoms with E-state index < -0.39 is 11.0 Å². The monoisotopic (exact) mass is 518 g/mol. The number of ether oxygens (including phenoxy) is 1. The van der Waals surface area contributed by atoms with Gasteiger partial charge in [0.25, 0.3) is 0 Å². The molecule has 4 fully saturated rings. The summed E-state index contributed by atoms with van der Waals surface area (Å²) in [5, 5.41) is 23.5. The lowest BCUT2D eigenvalue weighted by molar-refractivity contribution is -0.200. The predicted octanol–water partition coefficient (Wildman–Crippen LogP) is 3.56. The van der Waals surface area contributed by atoms with Crippen molar-refractivity contribution >= 4 is 5.91 Å². The van der Waals surface area contributed by atoms with Crippen molar-refractivity contribution in [3.63, 3.8) is 0 Å². The zero-order valence-electron chi connectivity index (χ0n) is 21.6. The Bertz CT molecular complexity index is 1310. The second-order valence-corrected chi connectivity index (χ2v) is 12.7. The fourth-order valence-electron chi connectivity index (χ4n) is 8.96. The van der Waals surface area contributed by atoms with Gasteiger partial charge in [-0.3, -0.25) is 9.69 Å². The van der Waals surface area contributed by atoms with Crippen LogP contribution in [0.1, 0.15) is 55.2 Å². The van der Waals surface area contributed by atoms with Crippen LogP contribution in [0.4, 0.5) is 4.39 Å².